The van der Waals surface area contributed by atoms with E-state index in [9.17, 15) is 14.0 Å². The number of hydrogen-bond donors (Lipinski definition) is 2. The summed E-state index contributed by atoms with van der Waals surface area (Å²) in [5.74, 6) is 0.125. The zero-order valence-corrected chi connectivity index (χ0v) is 18.3. The Kier molecular flexibility index (Phi) is 7.35. The van der Waals surface area contributed by atoms with Gasteiger partial charge in [0.15, 0.2) is 0 Å². The number of halogens is 1. The SMILES string of the molecule is O=C(Nc1ccncc1)N[C@@H]1CCCC[C@H]1C(=O)N1CCC[C@@H](Cc2ccc(F)cc2)C1. The van der Waals surface area contributed by atoms with Crippen LogP contribution in [0.1, 0.15) is 44.1 Å². The minimum absolute atomic E-state index is 0.155. The Labute approximate surface area is 188 Å². The number of carbonyl (C=O) groups excluding carboxylic acids is 2. The fraction of sp³-hybridized carbons (Fsp3) is 0.480. The predicted molar refractivity (Wildman–Crippen MR) is 122 cm³/mol. The van der Waals surface area contributed by atoms with E-state index in [1.807, 2.05) is 17.0 Å². The summed E-state index contributed by atoms with van der Waals surface area (Å²) in [6, 6.07) is 9.68. The fourth-order valence-electron chi connectivity index (χ4n) is 4.99. The Morgan fingerprint density at radius 2 is 1.75 bits per heavy atom. The first kappa shape index (κ1) is 22.2. The highest BCUT2D eigenvalue weighted by atomic mass is 19.1. The second-order valence-electron chi connectivity index (χ2n) is 8.95. The van der Waals surface area contributed by atoms with Crippen molar-refractivity contribution in [2.75, 3.05) is 18.4 Å². The van der Waals surface area contributed by atoms with Gasteiger partial charge in [-0.1, -0.05) is 25.0 Å². The lowest BCUT2D eigenvalue weighted by atomic mass is 9.82. The first-order valence-electron chi connectivity index (χ1n) is 11.6. The van der Waals surface area contributed by atoms with Gasteiger partial charge in [0.25, 0.3) is 0 Å². The first-order valence-corrected chi connectivity index (χ1v) is 11.6. The van der Waals surface area contributed by atoms with Crippen LogP contribution in [0.15, 0.2) is 48.8 Å². The molecule has 1 saturated carbocycles. The van der Waals surface area contributed by atoms with Gasteiger partial charge in [-0.2, -0.15) is 0 Å². The van der Waals surface area contributed by atoms with Gasteiger partial charge >= 0.3 is 6.03 Å². The molecule has 7 heteroatoms. The van der Waals surface area contributed by atoms with Gasteiger partial charge in [-0.25, -0.2) is 9.18 Å². The van der Waals surface area contributed by atoms with E-state index in [-0.39, 0.29) is 29.7 Å². The molecule has 6 nitrogen and oxygen atoms in total. The van der Waals surface area contributed by atoms with Gasteiger partial charge in [-0.05, 0) is 67.9 Å². The highest BCUT2D eigenvalue weighted by Crippen LogP contribution is 2.29. The molecule has 1 aliphatic heterocycles. The molecule has 2 N–H and O–H groups in total. The highest BCUT2D eigenvalue weighted by Gasteiger charge is 2.36. The number of aromatic nitrogens is 1. The number of benzene rings is 1. The number of amides is 3. The van der Waals surface area contributed by atoms with E-state index in [0.717, 1.165) is 63.6 Å². The molecule has 1 aliphatic carbocycles. The summed E-state index contributed by atoms with van der Waals surface area (Å²) in [4.78, 5) is 31.9. The number of nitrogens with one attached hydrogen (secondary N) is 2. The molecule has 0 spiro atoms. The molecule has 0 bridgehead atoms. The molecule has 2 aromatic rings. The number of rotatable bonds is 5. The first-order chi connectivity index (χ1) is 15.6. The Morgan fingerprint density at radius 3 is 2.53 bits per heavy atom. The summed E-state index contributed by atoms with van der Waals surface area (Å²) in [5, 5.41) is 5.87. The Hall–Kier alpha value is -2.96. The average Bonchev–Trinajstić information content (AvgIpc) is 2.81. The maximum absolute atomic E-state index is 13.4. The number of anilines is 1. The van der Waals surface area contributed by atoms with E-state index in [1.54, 1.807) is 24.5 Å². The molecule has 3 atom stereocenters. The van der Waals surface area contributed by atoms with Crippen molar-refractivity contribution in [3.8, 4) is 0 Å². The Morgan fingerprint density at radius 1 is 1.00 bits per heavy atom. The van der Waals surface area contributed by atoms with Crippen molar-refractivity contribution in [1.82, 2.24) is 15.2 Å². The van der Waals surface area contributed by atoms with Crippen LogP contribution in [0.25, 0.3) is 0 Å². The van der Waals surface area contributed by atoms with Gasteiger partial charge in [0, 0.05) is 37.2 Å². The monoisotopic (exact) mass is 438 g/mol. The van der Waals surface area contributed by atoms with Gasteiger partial charge in [0.1, 0.15) is 5.82 Å². The summed E-state index contributed by atoms with van der Waals surface area (Å²) < 4.78 is 13.2. The lowest BCUT2D eigenvalue weighted by molar-refractivity contribution is -0.139. The second kappa shape index (κ2) is 10.6. The van der Waals surface area contributed by atoms with Crippen LogP contribution >= 0.6 is 0 Å². The lowest BCUT2D eigenvalue weighted by Crippen LogP contribution is -2.52. The molecular weight excluding hydrogens is 407 g/mol. The summed E-state index contributed by atoms with van der Waals surface area (Å²) in [7, 11) is 0. The molecule has 0 radical (unpaired) electrons. The van der Waals surface area contributed by atoms with Crippen molar-refractivity contribution in [3.63, 3.8) is 0 Å². The van der Waals surface area contributed by atoms with Crippen molar-refractivity contribution in [1.29, 1.82) is 0 Å². The van der Waals surface area contributed by atoms with Crippen LogP contribution in [0.2, 0.25) is 0 Å². The maximum atomic E-state index is 13.4. The van der Waals surface area contributed by atoms with E-state index in [1.165, 1.54) is 12.1 Å². The van der Waals surface area contributed by atoms with Crippen LogP contribution in [0.5, 0.6) is 0 Å². The van der Waals surface area contributed by atoms with Gasteiger partial charge in [0.05, 0.1) is 5.92 Å². The average molecular weight is 439 g/mol. The van der Waals surface area contributed by atoms with E-state index < -0.39 is 0 Å². The van der Waals surface area contributed by atoms with E-state index >= 15 is 0 Å². The van der Waals surface area contributed by atoms with Crippen LogP contribution in [0.3, 0.4) is 0 Å². The smallest absolute Gasteiger partial charge is 0.319 e. The fourth-order valence-corrected chi connectivity index (χ4v) is 4.99. The molecule has 170 valence electrons. The summed E-state index contributed by atoms with van der Waals surface area (Å²) in [5.41, 5.74) is 1.78. The molecule has 2 aliphatic rings. The summed E-state index contributed by atoms with van der Waals surface area (Å²) >= 11 is 0. The van der Waals surface area contributed by atoms with Crippen LogP contribution in [0, 0.1) is 17.7 Å². The molecular formula is C25H31FN4O2. The minimum Gasteiger partial charge on any atom is -0.342 e. The number of carbonyl (C=O) groups is 2. The molecule has 1 aromatic carbocycles. The molecule has 1 aromatic heterocycles. The maximum Gasteiger partial charge on any atom is 0.319 e. The normalized spacial score (nSPS) is 23.4. The number of nitrogens with zero attached hydrogens (tertiary/aromatic N) is 2. The quantitative estimate of drug-likeness (QED) is 0.727. The molecule has 0 unspecified atom stereocenters. The van der Waals surface area contributed by atoms with E-state index in [2.05, 4.69) is 15.6 Å². The molecule has 2 heterocycles. The number of pyridine rings is 1. The van der Waals surface area contributed by atoms with Crippen molar-refractivity contribution in [3.05, 3.63) is 60.2 Å². The number of urea groups is 1. The zero-order valence-electron chi connectivity index (χ0n) is 18.3. The highest BCUT2D eigenvalue weighted by molar-refractivity contribution is 5.90. The number of hydrogen-bond acceptors (Lipinski definition) is 3. The Balaban J connectivity index is 1.35. The Bertz CT molecular complexity index is 906. The molecule has 2 fully saturated rings. The standard InChI is InChI=1S/C25H31FN4O2/c26-20-9-7-18(8-10-20)16-19-4-3-15-30(17-19)24(31)22-5-1-2-6-23(22)29-25(32)28-21-11-13-27-14-12-21/h7-14,19,22-23H,1-6,15-17H2,(H2,27,28,29,32)/t19-,22+,23+/m0/s1. The third kappa shape index (κ3) is 5.84. The summed E-state index contributed by atoms with van der Waals surface area (Å²) in [6.07, 6.45) is 9.79. The van der Waals surface area contributed by atoms with Crippen LogP contribution < -0.4 is 10.6 Å². The molecule has 1 saturated heterocycles. The lowest BCUT2D eigenvalue weighted by Gasteiger charge is -2.39. The number of likely N-dealkylation sites (tertiary alicyclic amines) is 1. The third-order valence-electron chi connectivity index (χ3n) is 6.61. The zero-order chi connectivity index (χ0) is 22.3. The molecule has 32 heavy (non-hydrogen) atoms. The van der Waals surface area contributed by atoms with Gasteiger partial charge in [-0.15, -0.1) is 0 Å². The summed E-state index contributed by atoms with van der Waals surface area (Å²) in [6.45, 7) is 1.49. The van der Waals surface area contributed by atoms with Crippen LogP contribution in [-0.2, 0) is 11.2 Å². The van der Waals surface area contributed by atoms with Crippen molar-refractivity contribution >= 4 is 17.6 Å². The topological polar surface area (TPSA) is 74.3 Å². The van der Waals surface area contributed by atoms with Gasteiger partial charge in [0.2, 0.25) is 5.91 Å². The van der Waals surface area contributed by atoms with Crippen LogP contribution in [-0.4, -0.2) is 41.0 Å². The van der Waals surface area contributed by atoms with Gasteiger partial charge in [-0.3, -0.25) is 9.78 Å². The van der Waals surface area contributed by atoms with E-state index in [4.69, 9.17) is 0 Å². The predicted octanol–water partition coefficient (Wildman–Crippen LogP) is 4.38. The van der Waals surface area contributed by atoms with Gasteiger partial charge < -0.3 is 15.5 Å². The second-order valence-corrected chi connectivity index (χ2v) is 8.95. The van der Waals surface area contributed by atoms with Crippen molar-refractivity contribution in [2.24, 2.45) is 11.8 Å². The molecule has 4 rings (SSSR count). The third-order valence-corrected chi connectivity index (χ3v) is 6.61. The van der Waals surface area contributed by atoms with Crippen molar-refractivity contribution in [2.45, 2.75) is 51.0 Å². The van der Waals surface area contributed by atoms with Crippen molar-refractivity contribution < 1.29 is 14.0 Å². The van der Waals surface area contributed by atoms with E-state index in [0.29, 0.717) is 11.6 Å². The largest absolute Gasteiger partial charge is 0.342 e. The van der Waals surface area contributed by atoms with Crippen LogP contribution in [0.4, 0.5) is 14.9 Å². The minimum atomic E-state index is -0.284. The number of piperidine rings is 1. The molecule has 3 amide bonds.